The van der Waals surface area contributed by atoms with Crippen molar-refractivity contribution < 1.29 is 23.8 Å². The molecule has 2 amide bonds. The van der Waals surface area contributed by atoms with E-state index in [9.17, 15) is 9.59 Å². The molecule has 37 heavy (non-hydrogen) atoms. The van der Waals surface area contributed by atoms with Crippen molar-refractivity contribution in [2.45, 2.75) is 31.3 Å². The lowest BCUT2D eigenvalue weighted by atomic mass is 9.89. The molecule has 192 valence electrons. The molecule has 0 radical (unpaired) electrons. The summed E-state index contributed by atoms with van der Waals surface area (Å²) in [7, 11) is 1.49. The number of carbonyl (C=O) groups excluding carboxylic acids is 2. The number of nitrogens with one attached hydrogen (secondary N) is 1. The van der Waals surface area contributed by atoms with E-state index in [1.807, 2.05) is 53.4 Å². The fraction of sp³-hybridized carbons (Fsp3) is 0.321. The topological polar surface area (TPSA) is 90.0 Å². The van der Waals surface area contributed by atoms with Gasteiger partial charge in [-0.15, -0.1) is 0 Å². The molecule has 1 fully saturated rings. The molecule has 2 aliphatic rings. The highest BCUT2D eigenvalue weighted by Crippen LogP contribution is 2.32. The van der Waals surface area contributed by atoms with Crippen LogP contribution in [0.25, 0.3) is 0 Å². The molecular weight excluding hydrogens is 494 g/mol. The van der Waals surface area contributed by atoms with Crippen LogP contribution in [0, 0.1) is 0 Å². The lowest BCUT2D eigenvalue weighted by molar-refractivity contribution is -0.118. The number of fused-ring (bicyclic) bond motifs is 1. The zero-order valence-corrected chi connectivity index (χ0v) is 21.2. The fourth-order valence-corrected chi connectivity index (χ4v) is 4.92. The van der Waals surface area contributed by atoms with Crippen LogP contribution in [-0.4, -0.2) is 54.6 Å². The van der Waals surface area contributed by atoms with E-state index in [-0.39, 0.29) is 29.5 Å². The van der Waals surface area contributed by atoms with Crippen molar-refractivity contribution in [1.29, 1.82) is 0 Å². The van der Waals surface area contributed by atoms with Gasteiger partial charge in [-0.1, -0.05) is 35.9 Å². The number of pyridine rings is 1. The Labute approximate surface area is 220 Å². The molecule has 3 heterocycles. The summed E-state index contributed by atoms with van der Waals surface area (Å²) in [5.74, 6) is 1.83. The van der Waals surface area contributed by atoms with Gasteiger partial charge in [-0.2, -0.15) is 0 Å². The first kappa shape index (κ1) is 24.9. The number of methoxy groups -OCH3 is 1. The minimum Gasteiger partial charge on any atom is -0.486 e. The Hall–Kier alpha value is -3.78. The van der Waals surface area contributed by atoms with Crippen LogP contribution in [0.1, 0.15) is 41.1 Å². The molecule has 9 heteroatoms. The molecule has 1 N–H and O–H groups in total. The maximum atomic E-state index is 12.9. The number of hydrogen-bond acceptors (Lipinski definition) is 6. The first-order valence-electron chi connectivity index (χ1n) is 12.3. The SMILES string of the molecule is COc1cc(C(=O)N2CCC(c3ccc(NC(=O)CC4COc5ccccc5O4)cc3)CC2)cc(Cl)n1. The number of anilines is 1. The number of hydrogen-bond donors (Lipinski definition) is 1. The van der Waals surface area contributed by atoms with E-state index in [1.165, 1.54) is 12.7 Å². The predicted molar refractivity (Wildman–Crippen MR) is 140 cm³/mol. The number of likely N-dealkylation sites (tertiary alicyclic amines) is 1. The number of nitrogens with zero attached hydrogens (tertiary/aromatic N) is 2. The van der Waals surface area contributed by atoms with Gasteiger partial charge in [0.25, 0.3) is 5.91 Å². The number of piperidine rings is 1. The summed E-state index contributed by atoms with van der Waals surface area (Å²) in [4.78, 5) is 31.4. The van der Waals surface area contributed by atoms with E-state index in [0.717, 1.165) is 18.5 Å². The number of amides is 2. The summed E-state index contributed by atoms with van der Waals surface area (Å²) >= 11 is 6.03. The van der Waals surface area contributed by atoms with Gasteiger partial charge in [0.1, 0.15) is 17.9 Å². The first-order valence-corrected chi connectivity index (χ1v) is 12.7. The second kappa shape index (κ2) is 11.1. The van der Waals surface area contributed by atoms with Crippen LogP contribution in [0.15, 0.2) is 60.7 Å². The number of para-hydroxylation sites is 2. The Morgan fingerprint density at radius 2 is 1.81 bits per heavy atom. The van der Waals surface area contributed by atoms with E-state index in [1.54, 1.807) is 12.1 Å². The van der Waals surface area contributed by atoms with Gasteiger partial charge < -0.3 is 24.4 Å². The second-order valence-corrected chi connectivity index (χ2v) is 9.55. The highest BCUT2D eigenvalue weighted by Gasteiger charge is 2.26. The largest absolute Gasteiger partial charge is 0.486 e. The van der Waals surface area contributed by atoms with Gasteiger partial charge >= 0.3 is 0 Å². The predicted octanol–water partition coefficient (Wildman–Crippen LogP) is 4.93. The summed E-state index contributed by atoms with van der Waals surface area (Å²) in [5.41, 5.74) is 2.41. The van der Waals surface area contributed by atoms with E-state index in [4.69, 9.17) is 25.8 Å². The summed E-state index contributed by atoms with van der Waals surface area (Å²) in [6.07, 6.45) is 1.59. The highest BCUT2D eigenvalue weighted by atomic mass is 35.5. The Morgan fingerprint density at radius 1 is 1.08 bits per heavy atom. The average molecular weight is 522 g/mol. The fourth-order valence-electron chi connectivity index (χ4n) is 4.72. The van der Waals surface area contributed by atoms with E-state index >= 15 is 0 Å². The first-order chi connectivity index (χ1) is 18.0. The number of halogens is 1. The van der Waals surface area contributed by atoms with Crippen molar-refractivity contribution in [3.63, 3.8) is 0 Å². The minimum absolute atomic E-state index is 0.0741. The van der Waals surface area contributed by atoms with Crippen molar-refractivity contribution in [3.05, 3.63) is 76.9 Å². The quantitative estimate of drug-likeness (QED) is 0.462. The normalized spacial score (nSPS) is 17.2. The van der Waals surface area contributed by atoms with Gasteiger partial charge in [-0.05, 0) is 54.7 Å². The number of carbonyl (C=O) groups is 2. The zero-order valence-electron chi connectivity index (χ0n) is 20.5. The van der Waals surface area contributed by atoms with E-state index in [0.29, 0.717) is 48.6 Å². The third-order valence-electron chi connectivity index (χ3n) is 6.66. The number of ether oxygens (including phenoxy) is 3. The van der Waals surface area contributed by atoms with Crippen LogP contribution in [-0.2, 0) is 4.79 Å². The van der Waals surface area contributed by atoms with Gasteiger partial charge in [-0.3, -0.25) is 9.59 Å². The lowest BCUT2D eigenvalue weighted by Crippen LogP contribution is -2.38. The molecule has 1 unspecified atom stereocenters. The molecule has 8 nitrogen and oxygen atoms in total. The molecule has 0 saturated carbocycles. The Balaban J connectivity index is 1.11. The van der Waals surface area contributed by atoms with Crippen LogP contribution in [0.4, 0.5) is 5.69 Å². The van der Waals surface area contributed by atoms with Crippen LogP contribution in [0.5, 0.6) is 17.4 Å². The minimum atomic E-state index is -0.327. The van der Waals surface area contributed by atoms with Gasteiger partial charge in [0.05, 0.1) is 13.5 Å². The van der Waals surface area contributed by atoms with E-state index < -0.39 is 0 Å². The zero-order chi connectivity index (χ0) is 25.8. The summed E-state index contributed by atoms with van der Waals surface area (Å²) in [6, 6.07) is 18.6. The van der Waals surface area contributed by atoms with Crippen LogP contribution >= 0.6 is 11.6 Å². The number of aromatic nitrogens is 1. The standard InChI is InChI=1S/C28H28ClN3O5/c1-35-27-15-20(14-25(29)31-27)28(34)32-12-10-19(11-13-32)18-6-8-21(9-7-18)30-26(33)16-22-17-36-23-4-2-3-5-24(23)37-22/h2-9,14-15,19,22H,10-13,16-17H2,1H3,(H,30,33). The summed E-state index contributed by atoms with van der Waals surface area (Å²) in [6.45, 7) is 1.64. The van der Waals surface area contributed by atoms with Crippen molar-refractivity contribution in [1.82, 2.24) is 9.88 Å². The third kappa shape index (κ3) is 5.97. The Morgan fingerprint density at radius 3 is 2.54 bits per heavy atom. The van der Waals surface area contributed by atoms with Gasteiger partial charge in [0, 0.05) is 30.4 Å². The average Bonchev–Trinajstić information content (AvgIpc) is 2.92. The number of rotatable bonds is 6. The van der Waals surface area contributed by atoms with Gasteiger partial charge in [-0.25, -0.2) is 4.98 Å². The Kier molecular flexibility index (Phi) is 7.46. The Bertz CT molecular complexity index is 1280. The second-order valence-electron chi connectivity index (χ2n) is 9.16. The van der Waals surface area contributed by atoms with Crippen LogP contribution < -0.4 is 19.5 Å². The summed E-state index contributed by atoms with van der Waals surface area (Å²) < 4.78 is 16.7. The van der Waals surface area contributed by atoms with E-state index in [2.05, 4.69) is 10.3 Å². The van der Waals surface area contributed by atoms with Crippen molar-refractivity contribution >= 4 is 29.1 Å². The monoisotopic (exact) mass is 521 g/mol. The van der Waals surface area contributed by atoms with Gasteiger partial charge in [0.2, 0.25) is 11.8 Å². The molecule has 1 aromatic heterocycles. The van der Waals surface area contributed by atoms with Gasteiger partial charge in [0.15, 0.2) is 11.5 Å². The molecule has 0 bridgehead atoms. The smallest absolute Gasteiger partial charge is 0.254 e. The maximum Gasteiger partial charge on any atom is 0.254 e. The molecule has 0 aliphatic carbocycles. The lowest BCUT2D eigenvalue weighted by Gasteiger charge is -2.32. The molecule has 3 aromatic rings. The van der Waals surface area contributed by atoms with Crippen molar-refractivity contribution in [2.24, 2.45) is 0 Å². The molecule has 1 atom stereocenters. The molecular formula is C28H28ClN3O5. The number of benzene rings is 2. The van der Waals surface area contributed by atoms with Crippen LogP contribution in [0.2, 0.25) is 5.15 Å². The maximum absolute atomic E-state index is 12.9. The third-order valence-corrected chi connectivity index (χ3v) is 6.85. The molecule has 2 aromatic carbocycles. The molecule has 5 rings (SSSR count). The highest BCUT2D eigenvalue weighted by molar-refractivity contribution is 6.29. The van der Waals surface area contributed by atoms with Crippen LogP contribution in [0.3, 0.4) is 0 Å². The van der Waals surface area contributed by atoms with Crippen molar-refractivity contribution in [3.8, 4) is 17.4 Å². The summed E-state index contributed by atoms with van der Waals surface area (Å²) in [5, 5.41) is 3.18. The molecule has 2 aliphatic heterocycles. The molecule has 1 saturated heterocycles. The molecule has 0 spiro atoms. The van der Waals surface area contributed by atoms with Crippen molar-refractivity contribution in [2.75, 3.05) is 32.1 Å².